The lowest BCUT2D eigenvalue weighted by molar-refractivity contribution is 0.0321. The number of aliphatic hydroxyl groups excluding tert-OH is 1. The van der Waals surface area contributed by atoms with Crippen LogP contribution in [-0.4, -0.2) is 28.3 Å². The van der Waals surface area contributed by atoms with Gasteiger partial charge in [0.05, 0.1) is 5.69 Å². The Balaban J connectivity index is 2.53. The molecule has 3 nitrogen and oxygen atoms in total. The average Bonchev–Trinajstić information content (AvgIpc) is 2.06. The van der Waals surface area contributed by atoms with Crippen LogP contribution in [0.5, 0.6) is 0 Å². The van der Waals surface area contributed by atoms with E-state index in [1.807, 2.05) is 30.1 Å². The summed E-state index contributed by atoms with van der Waals surface area (Å²) in [5.74, 6) is 0. The number of pyridine rings is 1. The SMILES string of the molecule is CC(O)N(C)Cc1ccccn1. The molecule has 1 rings (SSSR count). The molecular weight excluding hydrogens is 152 g/mol. The molecule has 0 aliphatic rings. The van der Waals surface area contributed by atoms with Crippen LogP contribution in [0.1, 0.15) is 12.6 Å². The summed E-state index contributed by atoms with van der Waals surface area (Å²) >= 11 is 0. The third-order valence-corrected chi connectivity index (χ3v) is 1.78. The molecule has 0 bridgehead atoms. The van der Waals surface area contributed by atoms with Crippen molar-refractivity contribution in [1.82, 2.24) is 9.88 Å². The van der Waals surface area contributed by atoms with Crippen LogP contribution in [0, 0.1) is 0 Å². The normalized spacial score (nSPS) is 13.3. The second-order valence-corrected chi connectivity index (χ2v) is 2.87. The van der Waals surface area contributed by atoms with Gasteiger partial charge in [-0.3, -0.25) is 9.88 Å². The molecule has 0 aromatic carbocycles. The highest BCUT2D eigenvalue weighted by atomic mass is 16.3. The molecule has 0 saturated heterocycles. The average molecular weight is 166 g/mol. The lowest BCUT2D eigenvalue weighted by Gasteiger charge is -2.18. The van der Waals surface area contributed by atoms with E-state index < -0.39 is 6.23 Å². The number of aromatic nitrogens is 1. The van der Waals surface area contributed by atoms with Gasteiger partial charge < -0.3 is 5.11 Å². The Hall–Kier alpha value is -0.930. The molecule has 0 aliphatic carbocycles. The van der Waals surface area contributed by atoms with Gasteiger partial charge >= 0.3 is 0 Å². The van der Waals surface area contributed by atoms with Crippen LogP contribution < -0.4 is 0 Å². The zero-order valence-corrected chi connectivity index (χ0v) is 7.44. The summed E-state index contributed by atoms with van der Waals surface area (Å²) in [6.07, 6.45) is 1.33. The third-order valence-electron chi connectivity index (χ3n) is 1.78. The topological polar surface area (TPSA) is 36.4 Å². The molecule has 1 N–H and O–H groups in total. The van der Waals surface area contributed by atoms with Gasteiger partial charge in [-0.15, -0.1) is 0 Å². The fourth-order valence-electron chi connectivity index (χ4n) is 0.879. The number of aliphatic hydroxyl groups is 1. The first-order valence-electron chi connectivity index (χ1n) is 3.98. The summed E-state index contributed by atoms with van der Waals surface area (Å²) in [5.41, 5.74) is 0.973. The number of hydrogen-bond acceptors (Lipinski definition) is 3. The van der Waals surface area contributed by atoms with Crippen molar-refractivity contribution in [3.05, 3.63) is 30.1 Å². The maximum atomic E-state index is 9.18. The molecule has 0 amide bonds. The Bertz CT molecular complexity index is 223. The van der Waals surface area contributed by atoms with E-state index in [0.717, 1.165) is 5.69 Å². The van der Waals surface area contributed by atoms with Gasteiger partial charge in [0.25, 0.3) is 0 Å². The van der Waals surface area contributed by atoms with Gasteiger partial charge in [-0.05, 0) is 26.1 Å². The minimum atomic E-state index is -0.424. The summed E-state index contributed by atoms with van der Waals surface area (Å²) in [7, 11) is 1.86. The van der Waals surface area contributed by atoms with Crippen molar-refractivity contribution in [1.29, 1.82) is 0 Å². The van der Waals surface area contributed by atoms with Gasteiger partial charge in [0, 0.05) is 12.7 Å². The summed E-state index contributed by atoms with van der Waals surface area (Å²) in [5, 5.41) is 9.18. The van der Waals surface area contributed by atoms with Gasteiger partial charge in [0.1, 0.15) is 6.23 Å². The van der Waals surface area contributed by atoms with Crippen molar-refractivity contribution in [3.8, 4) is 0 Å². The van der Waals surface area contributed by atoms with E-state index >= 15 is 0 Å². The van der Waals surface area contributed by atoms with Gasteiger partial charge in [-0.1, -0.05) is 6.07 Å². The Morgan fingerprint density at radius 3 is 2.83 bits per heavy atom. The van der Waals surface area contributed by atoms with E-state index in [-0.39, 0.29) is 0 Å². The highest BCUT2D eigenvalue weighted by Crippen LogP contribution is 2.00. The molecular formula is C9H14N2O. The molecule has 0 fully saturated rings. The molecule has 1 atom stereocenters. The number of rotatable bonds is 3. The first-order chi connectivity index (χ1) is 5.70. The highest BCUT2D eigenvalue weighted by Gasteiger charge is 2.04. The van der Waals surface area contributed by atoms with E-state index in [1.165, 1.54) is 0 Å². The third kappa shape index (κ3) is 2.60. The zero-order chi connectivity index (χ0) is 8.97. The summed E-state index contributed by atoms with van der Waals surface area (Å²) in [4.78, 5) is 5.97. The van der Waals surface area contributed by atoms with Crippen molar-refractivity contribution in [2.24, 2.45) is 0 Å². The second-order valence-electron chi connectivity index (χ2n) is 2.87. The molecule has 1 aromatic heterocycles. The fraction of sp³-hybridized carbons (Fsp3) is 0.444. The fourth-order valence-corrected chi connectivity index (χ4v) is 0.879. The molecule has 3 heteroatoms. The van der Waals surface area contributed by atoms with Gasteiger partial charge in [-0.25, -0.2) is 0 Å². The monoisotopic (exact) mass is 166 g/mol. The highest BCUT2D eigenvalue weighted by molar-refractivity contribution is 5.02. The Labute approximate surface area is 72.7 Å². The molecule has 66 valence electrons. The minimum absolute atomic E-state index is 0.424. The zero-order valence-electron chi connectivity index (χ0n) is 7.44. The number of nitrogens with zero attached hydrogens (tertiary/aromatic N) is 2. The second kappa shape index (κ2) is 4.18. The molecule has 0 spiro atoms. The Morgan fingerprint density at radius 2 is 2.33 bits per heavy atom. The summed E-state index contributed by atoms with van der Waals surface area (Å²) < 4.78 is 0. The Morgan fingerprint density at radius 1 is 1.58 bits per heavy atom. The first-order valence-corrected chi connectivity index (χ1v) is 3.98. The van der Waals surface area contributed by atoms with Crippen LogP contribution in [0.3, 0.4) is 0 Å². The molecule has 12 heavy (non-hydrogen) atoms. The van der Waals surface area contributed by atoms with Crippen molar-refractivity contribution < 1.29 is 5.11 Å². The smallest absolute Gasteiger partial charge is 0.104 e. The van der Waals surface area contributed by atoms with E-state index in [4.69, 9.17) is 0 Å². The molecule has 0 saturated carbocycles. The minimum Gasteiger partial charge on any atom is -0.379 e. The Kier molecular flexibility index (Phi) is 3.19. The number of hydrogen-bond donors (Lipinski definition) is 1. The lowest BCUT2D eigenvalue weighted by atomic mass is 10.3. The quantitative estimate of drug-likeness (QED) is 0.676. The first kappa shape index (κ1) is 9.16. The molecule has 1 heterocycles. The predicted octanol–water partition coefficient (Wildman–Crippen LogP) is 0.852. The van der Waals surface area contributed by atoms with Crippen LogP contribution in [0.25, 0.3) is 0 Å². The van der Waals surface area contributed by atoms with E-state index in [9.17, 15) is 5.11 Å². The van der Waals surface area contributed by atoms with Gasteiger partial charge in [0.2, 0.25) is 0 Å². The van der Waals surface area contributed by atoms with E-state index in [1.54, 1.807) is 13.1 Å². The van der Waals surface area contributed by atoms with Crippen LogP contribution in [0.4, 0.5) is 0 Å². The molecule has 0 radical (unpaired) electrons. The van der Waals surface area contributed by atoms with Crippen molar-refractivity contribution >= 4 is 0 Å². The van der Waals surface area contributed by atoms with Crippen LogP contribution in [0.15, 0.2) is 24.4 Å². The van der Waals surface area contributed by atoms with Crippen LogP contribution in [0.2, 0.25) is 0 Å². The van der Waals surface area contributed by atoms with Gasteiger partial charge in [-0.2, -0.15) is 0 Å². The van der Waals surface area contributed by atoms with Crippen LogP contribution in [-0.2, 0) is 6.54 Å². The molecule has 1 aromatic rings. The molecule has 0 aliphatic heterocycles. The molecule has 1 unspecified atom stereocenters. The van der Waals surface area contributed by atoms with E-state index in [0.29, 0.717) is 6.54 Å². The van der Waals surface area contributed by atoms with Gasteiger partial charge in [0.15, 0.2) is 0 Å². The van der Waals surface area contributed by atoms with Crippen molar-refractivity contribution in [2.75, 3.05) is 7.05 Å². The van der Waals surface area contributed by atoms with Crippen molar-refractivity contribution in [3.63, 3.8) is 0 Å². The standard InChI is InChI=1S/C9H14N2O/c1-8(12)11(2)7-9-5-3-4-6-10-9/h3-6,8,12H,7H2,1-2H3. The van der Waals surface area contributed by atoms with Crippen LogP contribution >= 0.6 is 0 Å². The summed E-state index contributed by atoms with van der Waals surface area (Å²) in [6, 6.07) is 5.77. The largest absolute Gasteiger partial charge is 0.379 e. The van der Waals surface area contributed by atoms with Crippen molar-refractivity contribution in [2.45, 2.75) is 19.7 Å². The lowest BCUT2D eigenvalue weighted by Crippen LogP contribution is -2.28. The summed E-state index contributed by atoms with van der Waals surface area (Å²) in [6.45, 7) is 2.42. The van der Waals surface area contributed by atoms with E-state index in [2.05, 4.69) is 4.98 Å². The maximum absolute atomic E-state index is 9.18. The maximum Gasteiger partial charge on any atom is 0.104 e. The predicted molar refractivity (Wildman–Crippen MR) is 47.4 cm³/mol.